The Balaban J connectivity index is 1.68. The van der Waals surface area contributed by atoms with Crippen LogP contribution in [0.4, 0.5) is 11.4 Å². The van der Waals surface area contributed by atoms with Crippen molar-refractivity contribution in [2.45, 2.75) is 32.1 Å². The molecular weight excluding hydrogens is 504 g/mol. The molecule has 0 aliphatic carbocycles. The fourth-order valence-corrected chi connectivity index (χ4v) is 4.94. The van der Waals surface area contributed by atoms with E-state index in [1.54, 1.807) is 19.1 Å². The molecule has 2 N–H and O–H groups in total. The summed E-state index contributed by atoms with van der Waals surface area (Å²) in [5.41, 5.74) is 3.04. The highest BCUT2D eigenvalue weighted by molar-refractivity contribution is 6.30. The first-order valence-electron chi connectivity index (χ1n) is 12.5. The summed E-state index contributed by atoms with van der Waals surface area (Å²) >= 11 is 6.03. The van der Waals surface area contributed by atoms with Crippen molar-refractivity contribution in [3.63, 3.8) is 0 Å². The Kier molecular flexibility index (Phi) is 8.02. The maximum absolute atomic E-state index is 14.0. The first-order chi connectivity index (χ1) is 18.2. The third-order valence-electron chi connectivity index (χ3n) is 6.79. The lowest BCUT2D eigenvalue weighted by Crippen LogP contribution is -2.65. The van der Waals surface area contributed by atoms with Gasteiger partial charge in [0.2, 0.25) is 5.91 Å². The molecule has 1 aromatic heterocycles. The van der Waals surface area contributed by atoms with Crippen LogP contribution >= 0.6 is 11.6 Å². The summed E-state index contributed by atoms with van der Waals surface area (Å²) in [6.45, 7) is 7.10. The molecule has 1 saturated heterocycles. The second-order valence-electron chi connectivity index (χ2n) is 9.53. The lowest BCUT2D eigenvalue weighted by atomic mass is 9.69. The summed E-state index contributed by atoms with van der Waals surface area (Å²) in [7, 11) is 1.51. The van der Waals surface area contributed by atoms with Gasteiger partial charge >= 0.3 is 5.97 Å². The number of carbonyl (C=O) groups is 3. The van der Waals surface area contributed by atoms with E-state index in [2.05, 4.69) is 34.4 Å². The van der Waals surface area contributed by atoms with Gasteiger partial charge in [-0.25, -0.2) is 9.78 Å². The van der Waals surface area contributed by atoms with Gasteiger partial charge in [-0.3, -0.25) is 9.59 Å². The molecule has 0 bridgehead atoms. The molecule has 0 spiro atoms. The van der Waals surface area contributed by atoms with Gasteiger partial charge in [-0.05, 0) is 54.3 Å². The summed E-state index contributed by atoms with van der Waals surface area (Å²) in [4.78, 5) is 44.7. The molecule has 2 amide bonds. The average Bonchev–Trinajstić information content (AvgIpc) is 2.89. The summed E-state index contributed by atoms with van der Waals surface area (Å²) in [5, 5.41) is 5.69. The Hall–Kier alpha value is -3.91. The van der Waals surface area contributed by atoms with E-state index in [9.17, 15) is 14.4 Å². The summed E-state index contributed by atoms with van der Waals surface area (Å²) in [6.07, 6.45) is 1.40. The number of halogens is 1. The predicted molar refractivity (Wildman–Crippen MR) is 148 cm³/mol. The quantitative estimate of drug-likeness (QED) is 0.318. The number of amides is 2. The fraction of sp³-hybridized carbons (Fsp3) is 0.310. The first kappa shape index (κ1) is 27.1. The van der Waals surface area contributed by atoms with E-state index in [4.69, 9.17) is 16.3 Å². The van der Waals surface area contributed by atoms with Crippen LogP contribution in [-0.2, 0) is 14.9 Å². The number of anilines is 2. The molecule has 3 aromatic rings. The molecule has 0 atom stereocenters. The molecule has 0 unspecified atom stereocenters. The normalized spacial score (nSPS) is 14.0. The van der Waals surface area contributed by atoms with E-state index in [1.165, 1.54) is 19.3 Å². The molecule has 0 radical (unpaired) electrons. The van der Waals surface area contributed by atoms with Crippen LogP contribution in [0.25, 0.3) is 0 Å². The highest BCUT2D eigenvalue weighted by Crippen LogP contribution is 2.42. The van der Waals surface area contributed by atoms with Crippen molar-refractivity contribution < 1.29 is 19.1 Å². The Bertz CT molecular complexity index is 1350. The average molecular weight is 535 g/mol. The highest BCUT2D eigenvalue weighted by atomic mass is 35.5. The number of hydrogen-bond donors (Lipinski definition) is 2. The minimum Gasteiger partial charge on any atom is -0.462 e. The van der Waals surface area contributed by atoms with E-state index in [0.29, 0.717) is 25.3 Å². The number of pyridine rings is 1. The molecule has 38 heavy (non-hydrogen) atoms. The number of ether oxygens (including phenoxy) is 1. The molecule has 8 nitrogen and oxygen atoms in total. The van der Waals surface area contributed by atoms with E-state index >= 15 is 0 Å². The third-order valence-corrected chi connectivity index (χ3v) is 7.00. The zero-order chi connectivity index (χ0) is 27.4. The molecule has 0 saturated carbocycles. The van der Waals surface area contributed by atoms with Crippen molar-refractivity contribution in [1.82, 2.24) is 10.3 Å². The van der Waals surface area contributed by atoms with Crippen LogP contribution in [0.3, 0.4) is 0 Å². The van der Waals surface area contributed by atoms with Crippen molar-refractivity contribution in [3.8, 4) is 0 Å². The predicted octanol–water partition coefficient (Wildman–Crippen LogP) is 4.79. The van der Waals surface area contributed by atoms with Crippen molar-refractivity contribution >= 4 is 40.8 Å². The molecule has 1 fully saturated rings. The van der Waals surface area contributed by atoms with Crippen molar-refractivity contribution in [3.05, 3.63) is 88.2 Å². The molecule has 9 heteroatoms. The van der Waals surface area contributed by atoms with Gasteiger partial charge in [-0.15, -0.1) is 0 Å². The highest BCUT2D eigenvalue weighted by Gasteiger charge is 2.52. The Morgan fingerprint density at radius 2 is 1.79 bits per heavy atom. The van der Waals surface area contributed by atoms with Crippen LogP contribution < -0.4 is 15.5 Å². The number of rotatable bonds is 8. The lowest BCUT2D eigenvalue weighted by Gasteiger charge is -2.51. The van der Waals surface area contributed by atoms with Gasteiger partial charge in [-0.2, -0.15) is 0 Å². The number of aromatic nitrogens is 1. The van der Waals surface area contributed by atoms with Crippen molar-refractivity contribution in [2.24, 2.45) is 0 Å². The van der Waals surface area contributed by atoms with Gasteiger partial charge in [-0.1, -0.05) is 49.7 Å². The summed E-state index contributed by atoms with van der Waals surface area (Å²) in [6, 6.07) is 16.6. The van der Waals surface area contributed by atoms with Gasteiger partial charge in [0, 0.05) is 25.8 Å². The molecule has 1 aliphatic heterocycles. The Morgan fingerprint density at radius 3 is 2.42 bits per heavy atom. The zero-order valence-electron chi connectivity index (χ0n) is 21.9. The minimum absolute atomic E-state index is 0.155. The standard InChI is InChI=1S/C29H31ClN4O4/c1-5-38-27(36)19-10-12-20(13-11-19)34-16-29(17-34,23-9-7-6-8-21(23)18(2)3)28(37)33-24-15-32-25(30)14-22(24)26(35)31-4/h6-15,18H,5,16-17H2,1-4H3,(H,31,35)(H,33,37). The second-order valence-corrected chi connectivity index (χ2v) is 9.92. The van der Waals surface area contributed by atoms with Crippen LogP contribution in [0, 0.1) is 0 Å². The Labute approximate surface area is 227 Å². The van der Waals surface area contributed by atoms with E-state index < -0.39 is 5.41 Å². The summed E-state index contributed by atoms with van der Waals surface area (Å²) in [5.74, 6) is -0.782. The minimum atomic E-state index is -0.875. The maximum atomic E-state index is 14.0. The van der Waals surface area contributed by atoms with E-state index in [1.807, 2.05) is 36.4 Å². The molecule has 2 aromatic carbocycles. The number of nitrogens with one attached hydrogen (secondary N) is 2. The van der Waals surface area contributed by atoms with Crippen LogP contribution in [0.5, 0.6) is 0 Å². The molecular formula is C29H31ClN4O4. The first-order valence-corrected chi connectivity index (χ1v) is 12.9. The van der Waals surface area contributed by atoms with Gasteiger partial charge in [0.25, 0.3) is 5.91 Å². The largest absolute Gasteiger partial charge is 0.462 e. The van der Waals surface area contributed by atoms with Crippen molar-refractivity contribution in [1.29, 1.82) is 0 Å². The number of benzene rings is 2. The SMILES string of the molecule is CCOC(=O)c1ccc(N2CC(C(=O)Nc3cnc(Cl)cc3C(=O)NC)(c3ccccc3C(C)C)C2)cc1. The Morgan fingerprint density at radius 1 is 1.11 bits per heavy atom. The second kappa shape index (κ2) is 11.2. The van der Waals surface area contributed by atoms with Gasteiger partial charge in [0.15, 0.2) is 0 Å². The molecule has 198 valence electrons. The number of nitrogens with zero attached hydrogens (tertiary/aromatic N) is 2. The van der Waals surface area contributed by atoms with Crippen LogP contribution in [0.1, 0.15) is 58.5 Å². The van der Waals surface area contributed by atoms with Crippen molar-refractivity contribution in [2.75, 3.05) is 37.0 Å². The number of esters is 1. The van der Waals surface area contributed by atoms with Crippen LogP contribution in [0.15, 0.2) is 60.8 Å². The van der Waals surface area contributed by atoms with E-state index in [0.717, 1.165) is 16.8 Å². The van der Waals surface area contributed by atoms with Crippen LogP contribution in [0.2, 0.25) is 5.15 Å². The molecule has 1 aliphatic rings. The topological polar surface area (TPSA) is 101 Å². The molecule has 4 rings (SSSR count). The smallest absolute Gasteiger partial charge is 0.338 e. The number of hydrogen-bond acceptors (Lipinski definition) is 6. The fourth-order valence-electron chi connectivity index (χ4n) is 4.78. The number of carbonyl (C=O) groups excluding carboxylic acids is 3. The monoisotopic (exact) mass is 534 g/mol. The third kappa shape index (κ3) is 5.22. The molecule has 2 heterocycles. The van der Waals surface area contributed by atoms with E-state index in [-0.39, 0.29) is 40.1 Å². The zero-order valence-corrected chi connectivity index (χ0v) is 22.6. The maximum Gasteiger partial charge on any atom is 0.338 e. The lowest BCUT2D eigenvalue weighted by molar-refractivity contribution is -0.122. The van der Waals surface area contributed by atoms with Gasteiger partial charge in [0.1, 0.15) is 10.6 Å². The van der Waals surface area contributed by atoms with Gasteiger partial charge in [0.05, 0.1) is 29.6 Å². The van der Waals surface area contributed by atoms with Crippen LogP contribution in [-0.4, -0.2) is 49.5 Å². The summed E-state index contributed by atoms with van der Waals surface area (Å²) < 4.78 is 5.08. The van der Waals surface area contributed by atoms with Gasteiger partial charge < -0.3 is 20.3 Å².